The van der Waals surface area contributed by atoms with Crippen molar-refractivity contribution in [2.75, 3.05) is 48.0 Å². The minimum atomic E-state index is -0.225. The molecule has 3 aromatic carbocycles. The summed E-state index contributed by atoms with van der Waals surface area (Å²) in [4.78, 5) is 12.8. The molecule has 3 aromatic rings. The number of rotatable bonds is 12. The summed E-state index contributed by atoms with van der Waals surface area (Å²) in [5, 5.41) is 3.18. The van der Waals surface area contributed by atoms with Crippen LogP contribution in [0.25, 0.3) is 12.2 Å². The van der Waals surface area contributed by atoms with Gasteiger partial charge in [-0.2, -0.15) is 0 Å². The molecule has 0 unspecified atom stereocenters. The summed E-state index contributed by atoms with van der Waals surface area (Å²) in [6.07, 6.45) is 6.94. The number of anilines is 1. The quantitative estimate of drug-likeness (QED) is 0.190. The lowest BCUT2D eigenvalue weighted by atomic mass is 10.1. The summed E-state index contributed by atoms with van der Waals surface area (Å²) < 4.78 is 32.3. The molecule has 0 aromatic heterocycles. The first-order chi connectivity index (χ1) is 18.0. The Morgan fingerprint density at radius 2 is 1.19 bits per heavy atom. The lowest BCUT2D eigenvalue weighted by Gasteiger charge is -2.13. The van der Waals surface area contributed by atoms with E-state index in [0.717, 1.165) is 16.8 Å². The number of hydrogen-bond donors (Lipinski definition) is 1. The smallest absolute Gasteiger partial charge is 0.203 e. The van der Waals surface area contributed by atoms with E-state index in [1.807, 2.05) is 48.6 Å². The van der Waals surface area contributed by atoms with Crippen molar-refractivity contribution >= 4 is 23.6 Å². The molecule has 37 heavy (non-hydrogen) atoms. The number of carbonyl (C=O) groups is 1. The summed E-state index contributed by atoms with van der Waals surface area (Å²) >= 11 is 0. The van der Waals surface area contributed by atoms with Gasteiger partial charge in [-0.05, 0) is 41.5 Å². The Morgan fingerprint density at radius 3 is 1.70 bits per heavy atom. The van der Waals surface area contributed by atoms with E-state index in [9.17, 15) is 4.79 Å². The van der Waals surface area contributed by atoms with E-state index < -0.39 is 0 Å². The largest absolute Gasteiger partial charge is 0.493 e. The van der Waals surface area contributed by atoms with Gasteiger partial charge >= 0.3 is 0 Å². The molecule has 0 aliphatic carbocycles. The van der Waals surface area contributed by atoms with Crippen LogP contribution in [0.4, 0.5) is 5.69 Å². The van der Waals surface area contributed by atoms with Gasteiger partial charge in [0.15, 0.2) is 28.8 Å². The van der Waals surface area contributed by atoms with Crippen molar-refractivity contribution in [3.05, 3.63) is 77.5 Å². The van der Waals surface area contributed by atoms with Crippen molar-refractivity contribution in [1.82, 2.24) is 0 Å². The molecule has 8 nitrogen and oxygen atoms in total. The summed E-state index contributed by atoms with van der Waals surface area (Å²) in [6.45, 7) is 0. The number of ketones is 1. The number of para-hydroxylation sites is 1. The van der Waals surface area contributed by atoms with Crippen LogP contribution in [0.15, 0.2) is 60.8 Å². The third-order valence-electron chi connectivity index (χ3n) is 5.53. The molecule has 0 radical (unpaired) electrons. The van der Waals surface area contributed by atoms with Gasteiger partial charge in [-0.25, -0.2) is 0 Å². The van der Waals surface area contributed by atoms with E-state index in [1.165, 1.54) is 27.4 Å². The van der Waals surface area contributed by atoms with Crippen molar-refractivity contribution in [3.63, 3.8) is 0 Å². The first-order valence-electron chi connectivity index (χ1n) is 11.3. The van der Waals surface area contributed by atoms with Crippen LogP contribution in [0.2, 0.25) is 0 Å². The van der Waals surface area contributed by atoms with Gasteiger partial charge in [0, 0.05) is 23.5 Å². The van der Waals surface area contributed by atoms with Crippen LogP contribution in [0.1, 0.15) is 21.5 Å². The first-order valence-corrected chi connectivity index (χ1v) is 11.3. The Kier molecular flexibility index (Phi) is 9.43. The van der Waals surface area contributed by atoms with Gasteiger partial charge in [0.05, 0.1) is 42.7 Å². The zero-order chi connectivity index (χ0) is 26.8. The zero-order valence-corrected chi connectivity index (χ0v) is 21.8. The Labute approximate surface area is 217 Å². The molecule has 194 valence electrons. The first kappa shape index (κ1) is 27.0. The normalized spacial score (nSPS) is 10.9. The lowest BCUT2D eigenvalue weighted by molar-refractivity contribution is 0.104. The number of allylic oxidation sites excluding steroid dienone is 1. The van der Waals surface area contributed by atoms with Crippen molar-refractivity contribution in [2.24, 2.45) is 0 Å². The molecular formula is C29H31NO7. The number of carbonyl (C=O) groups excluding carboxylic acids is 1. The Bertz CT molecular complexity index is 1250. The van der Waals surface area contributed by atoms with Crippen molar-refractivity contribution < 1.29 is 33.2 Å². The monoisotopic (exact) mass is 505 g/mol. The van der Waals surface area contributed by atoms with Gasteiger partial charge in [-0.15, -0.1) is 0 Å². The van der Waals surface area contributed by atoms with Crippen LogP contribution < -0.4 is 33.7 Å². The van der Waals surface area contributed by atoms with Crippen LogP contribution in [0.5, 0.6) is 34.5 Å². The van der Waals surface area contributed by atoms with Crippen LogP contribution in [0.3, 0.4) is 0 Å². The van der Waals surface area contributed by atoms with Crippen LogP contribution in [-0.2, 0) is 0 Å². The van der Waals surface area contributed by atoms with Crippen LogP contribution in [0, 0.1) is 0 Å². The highest BCUT2D eigenvalue weighted by molar-refractivity contribution is 6.05. The van der Waals surface area contributed by atoms with E-state index >= 15 is 0 Å². The molecule has 1 N–H and O–H groups in total. The van der Waals surface area contributed by atoms with Gasteiger partial charge < -0.3 is 33.7 Å². The highest BCUT2D eigenvalue weighted by atomic mass is 16.5. The van der Waals surface area contributed by atoms with E-state index in [-0.39, 0.29) is 5.78 Å². The molecular weight excluding hydrogens is 474 g/mol. The van der Waals surface area contributed by atoms with Gasteiger partial charge in [0.1, 0.15) is 0 Å². The third kappa shape index (κ3) is 6.35. The average Bonchev–Trinajstić information content (AvgIpc) is 2.94. The Morgan fingerprint density at radius 1 is 0.676 bits per heavy atom. The molecule has 0 bridgehead atoms. The third-order valence-corrected chi connectivity index (χ3v) is 5.53. The van der Waals surface area contributed by atoms with Crippen molar-refractivity contribution in [3.8, 4) is 34.5 Å². The predicted octanol–water partition coefficient (Wildman–Crippen LogP) is 5.72. The Hall–Kier alpha value is -4.59. The molecule has 0 aliphatic rings. The molecule has 0 amide bonds. The summed E-state index contributed by atoms with van der Waals surface area (Å²) in [6, 6.07) is 14.7. The summed E-state index contributed by atoms with van der Waals surface area (Å²) in [5.74, 6) is 2.70. The highest BCUT2D eigenvalue weighted by Gasteiger charge is 2.16. The van der Waals surface area contributed by atoms with Crippen LogP contribution in [-0.4, -0.2) is 48.4 Å². The van der Waals surface area contributed by atoms with E-state index in [2.05, 4.69) is 5.32 Å². The summed E-state index contributed by atoms with van der Waals surface area (Å²) in [5.41, 5.74) is 3.02. The fourth-order valence-electron chi connectivity index (χ4n) is 3.68. The van der Waals surface area contributed by atoms with Gasteiger partial charge in [-0.1, -0.05) is 30.4 Å². The average molecular weight is 506 g/mol. The SMILES string of the molecule is COc1cc(C=Cc2ccccc2NC=CC(=O)c2cc(OC)c(OC)c(OC)c2)cc(OC)c1OC. The number of benzene rings is 3. The molecule has 0 saturated heterocycles. The molecule has 3 rings (SSSR count). The molecule has 0 aliphatic heterocycles. The second-order valence-corrected chi connectivity index (χ2v) is 7.64. The van der Waals surface area contributed by atoms with Gasteiger partial charge in [0.2, 0.25) is 11.5 Å². The molecule has 0 heterocycles. The molecule has 0 atom stereocenters. The highest BCUT2D eigenvalue weighted by Crippen LogP contribution is 2.39. The molecule has 0 saturated carbocycles. The second kappa shape index (κ2) is 12.9. The van der Waals surface area contributed by atoms with E-state index in [4.69, 9.17) is 28.4 Å². The fourth-order valence-corrected chi connectivity index (χ4v) is 3.68. The maximum absolute atomic E-state index is 12.8. The topological polar surface area (TPSA) is 84.5 Å². The van der Waals surface area contributed by atoms with Crippen molar-refractivity contribution in [1.29, 1.82) is 0 Å². The Balaban J connectivity index is 1.80. The van der Waals surface area contributed by atoms with Gasteiger partial charge in [0.25, 0.3) is 0 Å². The zero-order valence-electron chi connectivity index (χ0n) is 21.8. The predicted molar refractivity (Wildman–Crippen MR) is 145 cm³/mol. The molecule has 0 spiro atoms. The minimum absolute atomic E-state index is 0.225. The molecule has 0 fully saturated rings. The maximum atomic E-state index is 12.8. The second-order valence-electron chi connectivity index (χ2n) is 7.64. The number of hydrogen-bond acceptors (Lipinski definition) is 8. The maximum Gasteiger partial charge on any atom is 0.203 e. The van der Waals surface area contributed by atoms with Crippen LogP contribution >= 0.6 is 0 Å². The molecule has 8 heteroatoms. The lowest BCUT2D eigenvalue weighted by Crippen LogP contribution is -2.01. The van der Waals surface area contributed by atoms with E-state index in [0.29, 0.717) is 40.1 Å². The van der Waals surface area contributed by atoms with Crippen molar-refractivity contribution in [2.45, 2.75) is 0 Å². The number of methoxy groups -OCH3 is 6. The summed E-state index contributed by atoms with van der Waals surface area (Å²) in [7, 11) is 9.25. The fraction of sp³-hybridized carbons (Fsp3) is 0.207. The standard InChI is InChI=1S/C29H31NO7/c1-32-24-15-19(16-25(33-2)28(24)36-5)11-12-20-9-7-8-10-22(20)30-14-13-23(31)21-17-26(34-3)29(37-6)27(18-21)35-4/h7-18,30H,1-6H3. The van der Waals surface area contributed by atoms with E-state index in [1.54, 1.807) is 39.7 Å². The number of ether oxygens (including phenoxy) is 6. The minimum Gasteiger partial charge on any atom is -0.493 e. The number of nitrogens with one attached hydrogen (secondary N) is 1. The van der Waals surface area contributed by atoms with Gasteiger partial charge in [-0.3, -0.25) is 4.79 Å².